The molecule has 0 saturated carbocycles. The van der Waals surface area contributed by atoms with Gasteiger partial charge in [-0.15, -0.1) is 9.94 Å². The standard InChI is InChI=1S/C21H25N5O3S/c1-24-15-11-22-20(24)30-16-9-17-3-5-18(6-4-17)28-21(27)25-13-7-19(8-14-25)29-26-12-2-10-23-26/h2-6,10-12,15,19H,7-9,13-14,16H2,1H3. The van der Waals surface area contributed by atoms with Gasteiger partial charge in [-0.2, -0.15) is 0 Å². The molecule has 0 spiro atoms. The van der Waals surface area contributed by atoms with Gasteiger partial charge in [-0.1, -0.05) is 23.9 Å². The van der Waals surface area contributed by atoms with E-state index in [0.29, 0.717) is 18.8 Å². The van der Waals surface area contributed by atoms with Crippen LogP contribution in [0.5, 0.6) is 5.75 Å². The molecule has 1 aliphatic rings. The van der Waals surface area contributed by atoms with E-state index in [1.165, 1.54) is 10.4 Å². The summed E-state index contributed by atoms with van der Waals surface area (Å²) in [5.74, 6) is 1.51. The van der Waals surface area contributed by atoms with Gasteiger partial charge in [0.05, 0.1) is 12.4 Å². The number of nitrogens with zero attached hydrogens (tertiary/aromatic N) is 5. The van der Waals surface area contributed by atoms with E-state index < -0.39 is 0 Å². The van der Waals surface area contributed by atoms with Gasteiger partial charge in [-0.3, -0.25) is 0 Å². The summed E-state index contributed by atoms with van der Waals surface area (Å²) in [6.07, 6.45) is 9.36. The molecule has 0 bridgehead atoms. The van der Waals surface area contributed by atoms with Crippen molar-refractivity contribution >= 4 is 17.9 Å². The zero-order chi connectivity index (χ0) is 20.8. The zero-order valence-electron chi connectivity index (χ0n) is 16.9. The number of aromatic nitrogens is 4. The summed E-state index contributed by atoms with van der Waals surface area (Å²) in [6.45, 7) is 1.21. The Morgan fingerprint density at radius 3 is 2.63 bits per heavy atom. The van der Waals surface area contributed by atoms with Crippen LogP contribution in [0, 0.1) is 0 Å². The van der Waals surface area contributed by atoms with Gasteiger partial charge in [-0.25, -0.2) is 9.78 Å². The summed E-state index contributed by atoms with van der Waals surface area (Å²) < 4.78 is 7.55. The van der Waals surface area contributed by atoms with Crippen LogP contribution in [0.4, 0.5) is 4.79 Å². The molecule has 0 radical (unpaired) electrons. The van der Waals surface area contributed by atoms with Crippen LogP contribution in [-0.4, -0.2) is 55.4 Å². The maximum absolute atomic E-state index is 12.4. The number of benzene rings is 1. The van der Waals surface area contributed by atoms with Crippen LogP contribution in [-0.2, 0) is 13.5 Å². The molecule has 1 aliphatic heterocycles. The highest BCUT2D eigenvalue weighted by Crippen LogP contribution is 2.19. The van der Waals surface area contributed by atoms with Gasteiger partial charge >= 0.3 is 6.09 Å². The number of carbonyl (C=O) groups excluding carboxylic acids is 1. The van der Waals surface area contributed by atoms with Crippen molar-refractivity contribution in [3.63, 3.8) is 0 Å². The second-order valence-electron chi connectivity index (χ2n) is 7.13. The van der Waals surface area contributed by atoms with Crippen LogP contribution in [0.15, 0.2) is 60.3 Å². The molecule has 0 unspecified atom stereocenters. The van der Waals surface area contributed by atoms with Crippen molar-refractivity contribution in [2.75, 3.05) is 18.8 Å². The molecule has 1 saturated heterocycles. The molecule has 30 heavy (non-hydrogen) atoms. The number of hydrogen-bond acceptors (Lipinski definition) is 6. The van der Waals surface area contributed by atoms with E-state index in [1.807, 2.05) is 48.1 Å². The Labute approximate surface area is 179 Å². The molecular formula is C21H25N5O3S. The number of thioether (sulfide) groups is 1. The van der Waals surface area contributed by atoms with Crippen LogP contribution in [0.25, 0.3) is 0 Å². The predicted molar refractivity (Wildman–Crippen MR) is 114 cm³/mol. The highest BCUT2D eigenvalue weighted by molar-refractivity contribution is 7.99. The highest BCUT2D eigenvalue weighted by Gasteiger charge is 2.25. The molecule has 1 amide bonds. The fraction of sp³-hybridized carbons (Fsp3) is 0.381. The predicted octanol–water partition coefficient (Wildman–Crippen LogP) is 3.04. The minimum atomic E-state index is -0.314. The van der Waals surface area contributed by atoms with Crippen LogP contribution >= 0.6 is 11.8 Å². The molecule has 0 N–H and O–H groups in total. The maximum atomic E-state index is 12.4. The van der Waals surface area contributed by atoms with E-state index in [4.69, 9.17) is 9.57 Å². The third-order valence-corrected chi connectivity index (χ3v) is 6.02. The topological polar surface area (TPSA) is 74.4 Å². The molecule has 4 rings (SSSR count). The number of likely N-dealkylation sites (tertiary alicyclic amines) is 1. The number of imidazole rings is 1. The van der Waals surface area contributed by atoms with Gasteiger partial charge in [0.2, 0.25) is 0 Å². The summed E-state index contributed by atoms with van der Waals surface area (Å²) >= 11 is 1.73. The maximum Gasteiger partial charge on any atom is 0.415 e. The van der Waals surface area contributed by atoms with Crippen molar-refractivity contribution in [1.82, 2.24) is 24.4 Å². The number of hydrogen-bond donors (Lipinski definition) is 0. The summed E-state index contributed by atoms with van der Waals surface area (Å²) in [5, 5.41) is 5.06. The second-order valence-corrected chi connectivity index (χ2v) is 8.19. The van der Waals surface area contributed by atoms with E-state index >= 15 is 0 Å². The van der Waals surface area contributed by atoms with Crippen molar-refractivity contribution in [3.05, 3.63) is 60.7 Å². The second kappa shape index (κ2) is 9.71. The quantitative estimate of drug-likeness (QED) is 0.540. The summed E-state index contributed by atoms with van der Waals surface area (Å²) in [5.41, 5.74) is 1.20. The van der Waals surface area contributed by atoms with E-state index in [9.17, 15) is 4.79 Å². The molecule has 9 heteroatoms. The molecule has 8 nitrogen and oxygen atoms in total. The summed E-state index contributed by atoms with van der Waals surface area (Å²) in [6, 6.07) is 9.53. The first-order valence-corrected chi connectivity index (χ1v) is 11.0. The van der Waals surface area contributed by atoms with E-state index in [2.05, 4.69) is 10.1 Å². The number of rotatable bonds is 7. The van der Waals surface area contributed by atoms with Gasteiger partial charge in [-0.05, 0) is 30.2 Å². The minimum absolute atomic E-state index is 0.0527. The third kappa shape index (κ3) is 5.35. The van der Waals surface area contributed by atoms with Gasteiger partial charge in [0.15, 0.2) is 5.16 Å². The fourth-order valence-electron chi connectivity index (χ4n) is 3.25. The van der Waals surface area contributed by atoms with Crippen LogP contribution < -0.4 is 9.57 Å². The first kappa shape index (κ1) is 20.3. The molecule has 2 aromatic heterocycles. The average molecular weight is 428 g/mol. The zero-order valence-corrected chi connectivity index (χ0v) is 17.7. The molecule has 1 aromatic carbocycles. The Morgan fingerprint density at radius 2 is 1.97 bits per heavy atom. The lowest BCUT2D eigenvalue weighted by molar-refractivity contribution is -0.0162. The third-order valence-electron chi connectivity index (χ3n) is 4.96. The lowest BCUT2D eigenvalue weighted by atomic mass is 10.1. The monoisotopic (exact) mass is 427 g/mol. The van der Waals surface area contributed by atoms with Gasteiger partial charge in [0.25, 0.3) is 0 Å². The van der Waals surface area contributed by atoms with Crippen LogP contribution in [0.3, 0.4) is 0 Å². The van der Waals surface area contributed by atoms with Crippen molar-refractivity contribution in [2.24, 2.45) is 7.05 Å². The minimum Gasteiger partial charge on any atom is -0.410 e. The Kier molecular flexibility index (Phi) is 6.58. The lowest BCUT2D eigenvalue weighted by Crippen LogP contribution is -2.44. The first-order valence-electron chi connectivity index (χ1n) is 10.00. The van der Waals surface area contributed by atoms with Gasteiger partial charge in [0.1, 0.15) is 11.9 Å². The number of aryl methyl sites for hydroxylation is 2. The number of ether oxygens (including phenoxy) is 1. The fourth-order valence-corrected chi connectivity index (χ4v) is 4.17. The van der Waals surface area contributed by atoms with Gasteiger partial charge in [0, 0.05) is 51.1 Å². The molecule has 3 aromatic rings. The summed E-state index contributed by atoms with van der Waals surface area (Å²) in [4.78, 5) is 25.7. The van der Waals surface area contributed by atoms with E-state index in [1.54, 1.807) is 35.3 Å². The Morgan fingerprint density at radius 1 is 1.17 bits per heavy atom. The molecule has 3 heterocycles. The van der Waals surface area contributed by atoms with E-state index in [-0.39, 0.29) is 12.2 Å². The number of piperidine rings is 1. The Balaban J connectivity index is 1.19. The van der Waals surface area contributed by atoms with Crippen molar-refractivity contribution in [3.8, 4) is 5.75 Å². The first-order chi connectivity index (χ1) is 14.7. The van der Waals surface area contributed by atoms with Crippen molar-refractivity contribution in [1.29, 1.82) is 0 Å². The number of carbonyl (C=O) groups is 1. The van der Waals surface area contributed by atoms with Gasteiger partial charge < -0.3 is 19.0 Å². The highest BCUT2D eigenvalue weighted by atomic mass is 32.2. The molecular weight excluding hydrogens is 402 g/mol. The number of amides is 1. The Hall–Kier alpha value is -2.94. The van der Waals surface area contributed by atoms with Crippen LogP contribution in [0.1, 0.15) is 18.4 Å². The molecule has 158 valence electrons. The largest absolute Gasteiger partial charge is 0.415 e. The van der Waals surface area contributed by atoms with Crippen molar-refractivity contribution in [2.45, 2.75) is 30.5 Å². The molecule has 1 fully saturated rings. The molecule has 0 aliphatic carbocycles. The smallest absolute Gasteiger partial charge is 0.410 e. The SMILES string of the molecule is Cn1ccnc1SCCc1ccc(OC(=O)N2CCC(On3cccn3)CC2)cc1. The summed E-state index contributed by atoms with van der Waals surface area (Å²) in [7, 11) is 1.99. The van der Waals surface area contributed by atoms with Crippen molar-refractivity contribution < 1.29 is 14.4 Å². The normalized spacial score (nSPS) is 14.6. The average Bonchev–Trinajstić information content (AvgIpc) is 3.42. The van der Waals surface area contributed by atoms with E-state index in [0.717, 1.165) is 30.2 Å². The Bertz CT molecular complexity index is 934. The lowest BCUT2D eigenvalue weighted by Gasteiger charge is -2.30. The molecule has 0 atom stereocenters. The van der Waals surface area contributed by atoms with Crippen LogP contribution in [0.2, 0.25) is 0 Å².